The van der Waals surface area contributed by atoms with Gasteiger partial charge in [0.15, 0.2) is 0 Å². The van der Waals surface area contributed by atoms with Crippen molar-refractivity contribution in [1.29, 1.82) is 0 Å². The highest BCUT2D eigenvalue weighted by Crippen LogP contribution is 2.28. The lowest BCUT2D eigenvalue weighted by molar-refractivity contribution is -0.146. The summed E-state index contributed by atoms with van der Waals surface area (Å²) in [6, 6.07) is 5.73. The molecule has 100 valence electrons. The summed E-state index contributed by atoms with van der Waals surface area (Å²) in [6.45, 7) is 5.91. The molecule has 0 saturated carbocycles. The lowest BCUT2D eigenvalue weighted by Gasteiger charge is -2.20. The number of aliphatic hydroxyl groups excluding tert-OH is 1. The topological polar surface area (TPSA) is 57.5 Å². The molecule has 0 spiro atoms. The van der Waals surface area contributed by atoms with E-state index in [0.717, 1.165) is 24.0 Å². The molecule has 1 aromatic rings. The van der Waals surface area contributed by atoms with Gasteiger partial charge in [0.25, 0.3) is 0 Å². The minimum Gasteiger partial charge on any atom is -0.481 e. The Labute approximate surface area is 108 Å². The van der Waals surface area contributed by atoms with Gasteiger partial charge < -0.3 is 10.2 Å². The van der Waals surface area contributed by atoms with Crippen molar-refractivity contribution in [1.82, 2.24) is 0 Å². The SMILES string of the molecule is CCCCC(C(=O)O)C(O)c1cc(C)cc(C)c1. The van der Waals surface area contributed by atoms with Crippen LogP contribution in [0, 0.1) is 19.8 Å². The number of hydrogen-bond donors (Lipinski definition) is 2. The number of benzene rings is 1. The molecule has 0 heterocycles. The van der Waals surface area contributed by atoms with Crippen LogP contribution in [0.2, 0.25) is 0 Å². The van der Waals surface area contributed by atoms with E-state index in [4.69, 9.17) is 0 Å². The average Bonchev–Trinajstić information content (AvgIpc) is 2.27. The summed E-state index contributed by atoms with van der Waals surface area (Å²) in [7, 11) is 0. The van der Waals surface area contributed by atoms with Crippen molar-refractivity contribution in [3.8, 4) is 0 Å². The quantitative estimate of drug-likeness (QED) is 0.815. The summed E-state index contributed by atoms with van der Waals surface area (Å²) < 4.78 is 0. The molecule has 1 aromatic carbocycles. The van der Waals surface area contributed by atoms with E-state index in [2.05, 4.69) is 0 Å². The standard InChI is InChI=1S/C15H22O3/c1-4-5-6-13(15(17)18)14(16)12-8-10(2)7-11(3)9-12/h7-9,13-14,16H,4-6H2,1-3H3,(H,17,18). The van der Waals surface area contributed by atoms with Crippen LogP contribution in [-0.2, 0) is 4.79 Å². The zero-order chi connectivity index (χ0) is 13.7. The first-order chi connectivity index (χ1) is 8.45. The molecule has 0 saturated heterocycles. The predicted molar refractivity (Wildman–Crippen MR) is 71.5 cm³/mol. The molecule has 2 unspecified atom stereocenters. The highest BCUT2D eigenvalue weighted by Gasteiger charge is 2.27. The maximum Gasteiger partial charge on any atom is 0.309 e. The molecule has 0 amide bonds. The summed E-state index contributed by atoms with van der Waals surface area (Å²) in [5.74, 6) is -1.64. The van der Waals surface area contributed by atoms with E-state index < -0.39 is 18.0 Å². The van der Waals surface area contributed by atoms with Gasteiger partial charge in [0.1, 0.15) is 0 Å². The van der Waals surface area contributed by atoms with Gasteiger partial charge in [0.2, 0.25) is 0 Å². The molecule has 3 nitrogen and oxygen atoms in total. The number of carboxylic acid groups (broad SMARTS) is 1. The van der Waals surface area contributed by atoms with Gasteiger partial charge in [-0.3, -0.25) is 4.79 Å². The van der Waals surface area contributed by atoms with E-state index in [-0.39, 0.29) is 0 Å². The van der Waals surface area contributed by atoms with E-state index in [0.29, 0.717) is 12.0 Å². The van der Waals surface area contributed by atoms with Crippen molar-refractivity contribution in [2.24, 2.45) is 5.92 Å². The van der Waals surface area contributed by atoms with E-state index in [1.807, 2.05) is 39.0 Å². The van der Waals surface area contributed by atoms with E-state index in [1.165, 1.54) is 0 Å². The van der Waals surface area contributed by atoms with Crippen molar-refractivity contribution >= 4 is 5.97 Å². The van der Waals surface area contributed by atoms with Crippen LogP contribution in [0.5, 0.6) is 0 Å². The maximum atomic E-state index is 11.2. The smallest absolute Gasteiger partial charge is 0.309 e. The molecular weight excluding hydrogens is 228 g/mol. The Morgan fingerprint density at radius 2 is 1.78 bits per heavy atom. The molecule has 0 aromatic heterocycles. The summed E-state index contributed by atoms with van der Waals surface area (Å²) in [5.41, 5.74) is 2.79. The molecule has 2 N–H and O–H groups in total. The fourth-order valence-electron chi connectivity index (χ4n) is 2.25. The Hall–Kier alpha value is -1.35. The predicted octanol–water partition coefficient (Wildman–Crippen LogP) is 3.23. The fourth-order valence-corrected chi connectivity index (χ4v) is 2.25. The van der Waals surface area contributed by atoms with E-state index in [9.17, 15) is 15.0 Å². The summed E-state index contributed by atoms with van der Waals surface area (Å²) >= 11 is 0. The molecule has 0 bridgehead atoms. The number of aliphatic hydroxyl groups is 1. The molecule has 0 radical (unpaired) electrons. The highest BCUT2D eigenvalue weighted by atomic mass is 16.4. The number of unbranched alkanes of at least 4 members (excludes halogenated alkanes) is 1. The van der Waals surface area contributed by atoms with Gasteiger partial charge in [-0.2, -0.15) is 0 Å². The molecule has 0 fully saturated rings. The van der Waals surface area contributed by atoms with Crippen LogP contribution in [-0.4, -0.2) is 16.2 Å². The molecule has 18 heavy (non-hydrogen) atoms. The summed E-state index contributed by atoms with van der Waals surface area (Å²) in [6.07, 6.45) is 1.34. The van der Waals surface area contributed by atoms with Gasteiger partial charge in [0, 0.05) is 0 Å². The minimum atomic E-state index is -0.923. The van der Waals surface area contributed by atoms with Crippen LogP contribution in [0.4, 0.5) is 0 Å². The first-order valence-corrected chi connectivity index (χ1v) is 6.44. The summed E-state index contributed by atoms with van der Waals surface area (Å²) in [4.78, 5) is 11.2. The lowest BCUT2D eigenvalue weighted by atomic mass is 9.90. The molecule has 0 aliphatic rings. The third-order valence-electron chi connectivity index (χ3n) is 3.15. The Bertz CT molecular complexity index is 392. The van der Waals surface area contributed by atoms with Gasteiger partial charge in [-0.1, -0.05) is 49.1 Å². The van der Waals surface area contributed by atoms with Gasteiger partial charge in [-0.15, -0.1) is 0 Å². The number of aliphatic carboxylic acids is 1. The largest absolute Gasteiger partial charge is 0.481 e. The van der Waals surface area contributed by atoms with Gasteiger partial charge in [-0.05, 0) is 25.8 Å². The second-order valence-electron chi connectivity index (χ2n) is 4.95. The second-order valence-corrected chi connectivity index (χ2v) is 4.95. The van der Waals surface area contributed by atoms with Crippen molar-refractivity contribution in [2.75, 3.05) is 0 Å². The number of carboxylic acids is 1. The number of aryl methyl sites for hydroxylation is 2. The lowest BCUT2D eigenvalue weighted by Crippen LogP contribution is -2.22. The molecular formula is C15H22O3. The van der Waals surface area contributed by atoms with Crippen LogP contribution in [0.1, 0.15) is 49.0 Å². The van der Waals surface area contributed by atoms with Crippen molar-refractivity contribution in [3.63, 3.8) is 0 Å². The zero-order valence-electron chi connectivity index (χ0n) is 11.3. The van der Waals surface area contributed by atoms with Crippen LogP contribution < -0.4 is 0 Å². The highest BCUT2D eigenvalue weighted by molar-refractivity contribution is 5.71. The maximum absolute atomic E-state index is 11.2. The molecule has 0 aliphatic heterocycles. The normalized spacial score (nSPS) is 14.2. The van der Waals surface area contributed by atoms with Gasteiger partial charge in [0.05, 0.1) is 12.0 Å². The van der Waals surface area contributed by atoms with Gasteiger partial charge >= 0.3 is 5.97 Å². The van der Waals surface area contributed by atoms with Crippen molar-refractivity contribution < 1.29 is 15.0 Å². The van der Waals surface area contributed by atoms with Crippen LogP contribution >= 0.6 is 0 Å². The average molecular weight is 250 g/mol. The Kier molecular flexibility index (Phi) is 5.35. The summed E-state index contributed by atoms with van der Waals surface area (Å²) in [5, 5.41) is 19.5. The third-order valence-corrected chi connectivity index (χ3v) is 3.15. The third kappa shape index (κ3) is 3.84. The monoisotopic (exact) mass is 250 g/mol. The molecule has 3 heteroatoms. The molecule has 1 rings (SSSR count). The molecule has 0 aliphatic carbocycles. The number of rotatable bonds is 6. The van der Waals surface area contributed by atoms with Crippen molar-refractivity contribution in [3.05, 3.63) is 34.9 Å². The molecule has 2 atom stereocenters. The van der Waals surface area contributed by atoms with Gasteiger partial charge in [-0.25, -0.2) is 0 Å². The zero-order valence-corrected chi connectivity index (χ0v) is 11.3. The van der Waals surface area contributed by atoms with Crippen LogP contribution in [0.3, 0.4) is 0 Å². The number of hydrogen-bond acceptors (Lipinski definition) is 2. The first kappa shape index (κ1) is 14.7. The Morgan fingerprint density at radius 1 is 1.22 bits per heavy atom. The van der Waals surface area contributed by atoms with Crippen LogP contribution in [0.15, 0.2) is 18.2 Å². The Balaban J connectivity index is 2.93. The first-order valence-electron chi connectivity index (χ1n) is 6.44. The Morgan fingerprint density at radius 3 is 2.22 bits per heavy atom. The minimum absolute atomic E-state index is 0.514. The van der Waals surface area contributed by atoms with E-state index >= 15 is 0 Å². The van der Waals surface area contributed by atoms with Crippen LogP contribution in [0.25, 0.3) is 0 Å². The number of carbonyl (C=O) groups is 1. The van der Waals surface area contributed by atoms with Crippen molar-refractivity contribution in [2.45, 2.75) is 46.1 Å². The van der Waals surface area contributed by atoms with E-state index in [1.54, 1.807) is 0 Å². The second kappa shape index (κ2) is 6.55. The fraction of sp³-hybridized carbons (Fsp3) is 0.533.